The summed E-state index contributed by atoms with van der Waals surface area (Å²) < 4.78 is 30.3. The number of hydrogen-bond acceptors (Lipinski definition) is 5. The normalized spacial score (nSPS) is 13.2. The lowest BCUT2D eigenvalue weighted by Crippen LogP contribution is -2.32. The molecule has 9 heteroatoms. The zero-order valence-electron chi connectivity index (χ0n) is 21.8. The lowest BCUT2D eigenvalue weighted by Gasteiger charge is -2.29. The molecule has 0 saturated carbocycles. The molecule has 0 radical (unpaired) electrons. The minimum absolute atomic E-state index is 0.264. The molecule has 1 N–H and O–H groups in total. The van der Waals surface area contributed by atoms with E-state index in [0.717, 1.165) is 16.6 Å². The van der Waals surface area contributed by atoms with Crippen molar-refractivity contribution in [1.82, 2.24) is 13.9 Å². The van der Waals surface area contributed by atoms with Gasteiger partial charge in [-0.2, -0.15) is 4.31 Å². The number of carboxylic acid groups (broad SMARTS) is 1. The number of para-hydroxylation sites is 2. The van der Waals surface area contributed by atoms with Crippen LogP contribution in [0.4, 0.5) is 0 Å². The summed E-state index contributed by atoms with van der Waals surface area (Å²) in [4.78, 5) is 17.4. The molecular formula is C29H33N3O4S2. The summed E-state index contributed by atoms with van der Waals surface area (Å²) in [6.45, 7) is 6.31. The third-order valence-electron chi connectivity index (χ3n) is 6.24. The van der Waals surface area contributed by atoms with Crippen molar-refractivity contribution in [2.45, 2.75) is 49.8 Å². The number of thioether (sulfide) groups is 1. The van der Waals surface area contributed by atoms with Gasteiger partial charge in [-0.25, -0.2) is 18.2 Å². The van der Waals surface area contributed by atoms with Gasteiger partial charge in [0.1, 0.15) is 6.04 Å². The maximum atomic E-state index is 13.5. The minimum Gasteiger partial charge on any atom is -0.480 e. The molecule has 1 atom stereocenters. The number of aliphatic carboxylic acids is 1. The van der Waals surface area contributed by atoms with Gasteiger partial charge >= 0.3 is 5.97 Å². The second kappa shape index (κ2) is 11.7. The summed E-state index contributed by atoms with van der Waals surface area (Å²) in [5, 5.41) is 10.7. The van der Waals surface area contributed by atoms with Crippen molar-refractivity contribution in [2.24, 2.45) is 5.41 Å². The zero-order chi connectivity index (χ0) is 27.3. The third kappa shape index (κ3) is 6.28. The van der Waals surface area contributed by atoms with E-state index in [1.807, 2.05) is 79.9 Å². The Bertz CT molecular complexity index is 1480. The Hall–Kier alpha value is -3.14. The fraction of sp³-hybridized carbons (Fsp3) is 0.310. The van der Waals surface area contributed by atoms with Crippen molar-refractivity contribution in [3.8, 4) is 0 Å². The van der Waals surface area contributed by atoms with E-state index < -0.39 is 27.4 Å². The van der Waals surface area contributed by atoms with Gasteiger partial charge in [-0.3, -0.25) is 0 Å². The average Bonchev–Trinajstić information content (AvgIpc) is 3.23. The average molecular weight is 552 g/mol. The Morgan fingerprint density at radius 2 is 1.58 bits per heavy atom. The summed E-state index contributed by atoms with van der Waals surface area (Å²) >= 11 is 1.46. The smallest absolute Gasteiger partial charge is 0.327 e. The van der Waals surface area contributed by atoms with Gasteiger partial charge in [0.05, 0.1) is 15.9 Å². The molecule has 1 unspecified atom stereocenters. The highest BCUT2D eigenvalue weighted by Crippen LogP contribution is 2.37. The molecule has 4 rings (SSSR count). The second-order valence-electron chi connectivity index (χ2n) is 10.2. The molecular weight excluding hydrogens is 518 g/mol. The molecule has 1 heterocycles. The van der Waals surface area contributed by atoms with E-state index in [4.69, 9.17) is 4.98 Å². The summed E-state index contributed by atoms with van der Waals surface area (Å²) in [5.41, 5.74) is 1.88. The molecule has 0 bridgehead atoms. The molecule has 0 aliphatic carbocycles. The molecule has 0 saturated heterocycles. The summed E-state index contributed by atoms with van der Waals surface area (Å²) in [6, 6.07) is 24.8. The van der Waals surface area contributed by atoms with E-state index in [1.54, 1.807) is 30.3 Å². The lowest BCUT2D eigenvalue weighted by molar-refractivity contribution is -0.144. The number of nitrogens with zero attached hydrogens (tertiary/aromatic N) is 3. The van der Waals surface area contributed by atoms with Crippen LogP contribution in [0.2, 0.25) is 0 Å². The Morgan fingerprint density at radius 3 is 2.21 bits per heavy atom. The van der Waals surface area contributed by atoms with Crippen molar-refractivity contribution in [2.75, 3.05) is 12.3 Å². The predicted molar refractivity (Wildman–Crippen MR) is 152 cm³/mol. The molecule has 0 fully saturated rings. The minimum atomic E-state index is -3.69. The first kappa shape index (κ1) is 27.9. The Balaban J connectivity index is 1.56. The Labute approximate surface area is 228 Å². The van der Waals surface area contributed by atoms with Crippen LogP contribution in [0.3, 0.4) is 0 Å². The van der Waals surface area contributed by atoms with E-state index >= 15 is 0 Å². The van der Waals surface area contributed by atoms with Gasteiger partial charge < -0.3 is 9.67 Å². The fourth-order valence-corrected chi connectivity index (χ4v) is 6.91. The lowest BCUT2D eigenvalue weighted by atomic mass is 9.86. The van der Waals surface area contributed by atoms with E-state index in [1.165, 1.54) is 16.1 Å². The van der Waals surface area contributed by atoms with Gasteiger partial charge in [0, 0.05) is 18.8 Å². The number of rotatable bonds is 11. The standard InChI is InChI=1S/C29H33N3O4S2/c1-29(2,3)26(27(33)34)32-25-18-11-10-17-24(25)30-28(32)37-20-12-19-31(21-22-13-6-4-7-14-22)38(35,36)23-15-8-5-9-16-23/h4-11,13-18,26H,12,19-21H2,1-3H3,(H,33,34). The molecule has 200 valence electrons. The third-order valence-corrected chi connectivity index (χ3v) is 9.14. The Kier molecular flexibility index (Phi) is 8.60. The number of benzene rings is 3. The SMILES string of the molecule is CC(C)(C)C(C(=O)O)n1c(SCCCN(Cc2ccccc2)S(=O)(=O)c2ccccc2)nc2ccccc21. The first-order valence-electron chi connectivity index (χ1n) is 12.5. The maximum Gasteiger partial charge on any atom is 0.327 e. The van der Waals surface area contributed by atoms with Gasteiger partial charge in [-0.15, -0.1) is 0 Å². The topological polar surface area (TPSA) is 92.5 Å². The Morgan fingerprint density at radius 1 is 0.974 bits per heavy atom. The van der Waals surface area contributed by atoms with Gasteiger partial charge in [-0.1, -0.05) is 93.2 Å². The van der Waals surface area contributed by atoms with E-state index in [-0.39, 0.29) is 11.4 Å². The molecule has 3 aromatic carbocycles. The van der Waals surface area contributed by atoms with Crippen LogP contribution in [0.5, 0.6) is 0 Å². The van der Waals surface area contributed by atoms with Crippen molar-refractivity contribution < 1.29 is 18.3 Å². The fourth-order valence-electron chi connectivity index (χ4n) is 4.46. The van der Waals surface area contributed by atoms with Crippen LogP contribution < -0.4 is 0 Å². The highest BCUT2D eigenvalue weighted by Gasteiger charge is 2.36. The summed E-state index contributed by atoms with van der Waals surface area (Å²) in [6.07, 6.45) is 0.569. The molecule has 1 aromatic heterocycles. The van der Waals surface area contributed by atoms with Crippen molar-refractivity contribution in [3.63, 3.8) is 0 Å². The van der Waals surface area contributed by atoms with Crippen LogP contribution >= 0.6 is 11.8 Å². The van der Waals surface area contributed by atoms with Gasteiger partial charge in [0.2, 0.25) is 10.0 Å². The van der Waals surface area contributed by atoms with Crippen LogP contribution in [0.1, 0.15) is 38.8 Å². The van der Waals surface area contributed by atoms with E-state index in [2.05, 4.69) is 0 Å². The summed E-state index contributed by atoms with van der Waals surface area (Å²) in [5.74, 6) is -0.333. The highest BCUT2D eigenvalue weighted by atomic mass is 32.2. The van der Waals surface area contributed by atoms with Gasteiger partial charge in [0.25, 0.3) is 0 Å². The number of sulfonamides is 1. The van der Waals surface area contributed by atoms with Gasteiger partial charge in [0.15, 0.2) is 5.16 Å². The largest absolute Gasteiger partial charge is 0.480 e. The number of aromatic nitrogens is 2. The monoisotopic (exact) mass is 551 g/mol. The molecule has 0 aliphatic heterocycles. The zero-order valence-corrected chi connectivity index (χ0v) is 23.5. The molecule has 4 aromatic rings. The molecule has 0 amide bonds. The maximum absolute atomic E-state index is 13.5. The first-order chi connectivity index (χ1) is 18.1. The van der Waals surface area contributed by atoms with Crippen molar-refractivity contribution in [1.29, 1.82) is 0 Å². The number of imidazole rings is 1. The van der Waals surface area contributed by atoms with Crippen LogP contribution in [0, 0.1) is 5.41 Å². The van der Waals surface area contributed by atoms with Crippen molar-refractivity contribution in [3.05, 3.63) is 90.5 Å². The highest BCUT2D eigenvalue weighted by molar-refractivity contribution is 7.99. The number of fused-ring (bicyclic) bond motifs is 1. The van der Waals surface area contributed by atoms with Crippen LogP contribution in [-0.2, 0) is 21.4 Å². The van der Waals surface area contributed by atoms with E-state index in [0.29, 0.717) is 23.9 Å². The molecule has 0 spiro atoms. The van der Waals surface area contributed by atoms with Crippen LogP contribution in [0.25, 0.3) is 11.0 Å². The van der Waals surface area contributed by atoms with E-state index in [9.17, 15) is 18.3 Å². The quantitative estimate of drug-likeness (QED) is 0.179. The molecule has 38 heavy (non-hydrogen) atoms. The van der Waals surface area contributed by atoms with Crippen LogP contribution in [0.15, 0.2) is 95.0 Å². The second-order valence-corrected chi connectivity index (χ2v) is 13.2. The predicted octanol–water partition coefficient (Wildman–Crippen LogP) is 6.08. The number of hydrogen-bond donors (Lipinski definition) is 1. The summed E-state index contributed by atoms with van der Waals surface area (Å²) in [7, 11) is -3.69. The van der Waals surface area contributed by atoms with Gasteiger partial charge in [-0.05, 0) is 41.7 Å². The number of carboxylic acids is 1. The molecule has 0 aliphatic rings. The molecule has 7 nitrogen and oxygen atoms in total. The first-order valence-corrected chi connectivity index (χ1v) is 14.9. The van der Waals surface area contributed by atoms with Crippen molar-refractivity contribution >= 4 is 38.8 Å². The number of carbonyl (C=O) groups is 1. The van der Waals surface area contributed by atoms with Crippen LogP contribution in [-0.4, -0.2) is 45.6 Å².